The van der Waals surface area contributed by atoms with E-state index in [4.69, 9.17) is 21.1 Å². The third kappa shape index (κ3) is 3.76. The fourth-order valence-corrected chi connectivity index (χ4v) is 2.69. The topological polar surface area (TPSA) is 79.5 Å². The number of carbonyl (C=O) groups excluding carboxylic acids is 1. The normalized spacial score (nSPS) is 10.8. The summed E-state index contributed by atoms with van der Waals surface area (Å²) in [7, 11) is 1.45. The molecule has 8 heteroatoms. The lowest BCUT2D eigenvalue weighted by atomic mass is 10.1. The number of aromatic nitrogens is 2. The molecule has 134 valence electrons. The monoisotopic (exact) mass is 366 g/mol. The van der Waals surface area contributed by atoms with Gasteiger partial charge in [-0.3, -0.25) is 18.7 Å². The van der Waals surface area contributed by atoms with E-state index in [9.17, 15) is 14.4 Å². The first kappa shape index (κ1) is 18.8. The Morgan fingerprint density at radius 1 is 1.24 bits per heavy atom. The molecule has 0 atom stereocenters. The number of para-hydroxylation sites is 1. The van der Waals surface area contributed by atoms with Crippen molar-refractivity contribution < 1.29 is 14.3 Å². The maximum Gasteiger partial charge on any atom is 0.333 e. The third-order valence-electron chi connectivity index (χ3n) is 3.57. The SMILES string of the molecule is COc1c(Cl)cccc1-c1cn(COC(C)=O)c(=O)n(C(C)C)c1=O. The highest BCUT2D eigenvalue weighted by Crippen LogP contribution is 2.34. The summed E-state index contributed by atoms with van der Waals surface area (Å²) in [6, 6.07) is 4.61. The molecule has 25 heavy (non-hydrogen) atoms. The number of hydrogen-bond donors (Lipinski definition) is 0. The number of halogens is 1. The van der Waals surface area contributed by atoms with Gasteiger partial charge in [0.2, 0.25) is 0 Å². The summed E-state index contributed by atoms with van der Waals surface area (Å²) in [6.45, 7) is 4.39. The van der Waals surface area contributed by atoms with Crippen LogP contribution in [-0.4, -0.2) is 22.2 Å². The molecule has 0 radical (unpaired) electrons. The van der Waals surface area contributed by atoms with E-state index in [1.807, 2.05) is 0 Å². The van der Waals surface area contributed by atoms with E-state index in [0.29, 0.717) is 16.3 Å². The molecule has 0 saturated carbocycles. The summed E-state index contributed by atoms with van der Waals surface area (Å²) < 4.78 is 12.5. The minimum Gasteiger partial charge on any atom is -0.495 e. The predicted octanol–water partition coefficient (Wildman–Crippen LogP) is 2.44. The lowest BCUT2D eigenvalue weighted by Gasteiger charge is -2.17. The second-order valence-electron chi connectivity index (χ2n) is 5.65. The molecule has 0 bridgehead atoms. The third-order valence-corrected chi connectivity index (χ3v) is 3.87. The van der Waals surface area contributed by atoms with Gasteiger partial charge >= 0.3 is 11.7 Å². The number of rotatable bonds is 5. The van der Waals surface area contributed by atoms with E-state index in [1.54, 1.807) is 32.0 Å². The van der Waals surface area contributed by atoms with Crippen molar-refractivity contribution in [2.75, 3.05) is 7.11 Å². The number of ether oxygens (including phenoxy) is 2. The number of benzene rings is 1. The van der Waals surface area contributed by atoms with Crippen molar-refractivity contribution in [2.45, 2.75) is 33.5 Å². The van der Waals surface area contributed by atoms with Gasteiger partial charge in [-0.1, -0.05) is 23.7 Å². The van der Waals surface area contributed by atoms with Crippen LogP contribution in [0.15, 0.2) is 34.0 Å². The van der Waals surface area contributed by atoms with E-state index in [1.165, 1.54) is 24.8 Å². The second kappa shape index (κ2) is 7.57. The van der Waals surface area contributed by atoms with E-state index in [-0.39, 0.29) is 18.3 Å². The molecule has 0 N–H and O–H groups in total. The van der Waals surface area contributed by atoms with E-state index in [0.717, 1.165) is 4.57 Å². The lowest BCUT2D eigenvalue weighted by Crippen LogP contribution is -2.41. The van der Waals surface area contributed by atoms with Crippen LogP contribution >= 0.6 is 11.6 Å². The number of esters is 1. The smallest absolute Gasteiger partial charge is 0.333 e. The fraction of sp³-hybridized carbons (Fsp3) is 0.353. The van der Waals surface area contributed by atoms with Crippen LogP contribution in [0.5, 0.6) is 5.75 Å². The van der Waals surface area contributed by atoms with E-state index < -0.39 is 17.2 Å². The Hall–Kier alpha value is -2.54. The number of hydrogen-bond acceptors (Lipinski definition) is 5. The standard InChI is InChI=1S/C17H19ClN2O5/c1-10(2)20-16(22)13(8-19(17(20)23)9-25-11(3)21)12-6-5-7-14(18)15(12)24-4/h5-8,10H,9H2,1-4H3. The highest BCUT2D eigenvalue weighted by molar-refractivity contribution is 6.32. The van der Waals surface area contributed by atoms with Crippen molar-refractivity contribution in [1.29, 1.82) is 0 Å². The van der Waals surface area contributed by atoms with Crippen molar-refractivity contribution in [3.05, 3.63) is 50.3 Å². The molecule has 0 aliphatic rings. The van der Waals surface area contributed by atoms with Crippen molar-refractivity contribution in [3.8, 4) is 16.9 Å². The number of nitrogens with zero attached hydrogens (tertiary/aromatic N) is 2. The number of carbonyl (C=O) groups is 1. The van der Waals surface area contributed by atoms with Gasteiger partial charge in [0.1, 0.15) is 5.75 Å². The molecule has 1 heterocycles. The molecule has 2 rings (SSSR count). The summed E-state index contributed by atoms with van der Waals surface area (Å²) in [5.41, 5.74) is -0.364. The molecule has 0 amide bonds. The van der Waals surface area contributed by atoms with Crippen LogP contribution in [0.3, 0.4) is 0 Å². The van der Waals surface area contributed by atoms with Gasteiger partial charge in [-0.25, -0.2) is 4.79 Å². The van der Waals surface area contributed by atoms with Gasteiger partial charge in [-0.15, -0.1) is 0 Å². The van der Waals surface area contributed by atoms with Gasteiger partial charge in [0.15, 0.2) is 6.73 Å². The Morgan fingerprint density at radius 2 is 1.92 bits per heavy atom. The average Bonchev–Trinajstić information content (AvgIpc) is 2.53. The zero-order valence-corrected chi connectivity index (χ0v) is 15.2. The van der Waals surface area contributed by atoms with Crippen molar-refractivity contribution in [2.24, 2.45) is 0 Å². The molecule has 7 nitrogen and oxygen atoms in total. The first-order valence-electron chi connectivity index (χ1n) is 7.60. The van der Waals surface area contributed by atoms with Crippen molar-refractivity contribution >= 4 is 17.6 Å². The first-order valence-corrected chi connectivity index (χ1v) is 7.98. The van der Waals surface area contributed by atoms with Crippen LogP contribution < -0.4 is 16.0 Å². The molecule has 0 unspecified atom stereocenters. The van der Waals surface area contributed by atoms with Crippen LogP contribution in [-0.2, 0) is 16.3 Å². The average molecular weight is 367 g/mol. The van der Waals surface area contributed by atoms with Gasteiger partial charge < -0.3 is 9.47 Å². The molecular formula is C17H19ClN2O5. The van der Waals surface area contributed by atoms with Gasteiger partial charge in [0, 0.05) is 24.7 Å². The predicted molar refractivity (Wildman–Crippen MR) is 94.1 cm³/mol. The lowest BCUT2D eigenvalue weighted by molar-refractivity contribution is -0.144. The van der Waals surface area contributed by atoms with Gasteiger partial charge in [-0.2, -0.15) is 0 Å². The molecule has 1 aromatic heterocycles. The van der Waals surface area contributed by atoms with E-state index >= 15 is 0 Å². The van der Waals surface area contributed by atoms with Crippen molar-refractivity contribution in [1.82, 2.24) is 9.13 Å². The Morgan fingerprint density at radius 3 is 2.48 bits per heavy atom. The number of methoxy groups -OCH3 is 1. The molecule has 0 saturated heterocycles. The maximum absolute atomic E-state index is 12.8. The molecule has 0 fully saturated rings. The van der Waals surface area contributed by atoms with Crippen LogP contribution in [0.25, 0.3) is 11.1 Å². The molecule has 0 aliphatic carbocycles. The molecule has 1 aromatic carbocycles. The Bertz CT molecular complexity index is 914. The molecule has 2 aromatic rings. The quantitative estimate of drug-likeness (QED) is 0.759. The first-order chi connectivity index (χ1) is 11.8. The minimum atomic E-state index is -0.564. The van der Waals surface area contributed by atoms with Gasteiger partial charge in [-0.05, 0) is 19.9 Å². The largest absolute Gasteiger partial charge is 0.495 e. The summed E-state index contributed by atoms with van der Waals surface area (Å²) in [4.78, 5) is 36.4. The van der Waals surface area contributed by atoms with Crippen LogP contribution in [0.1, 0.15) is 26.8 Å². The van der Waals surface area contributed by atoms with Crippen LogP contribution in [0.2, 0.25) is 5.02 Å². The Balaban J connectivity index is 2.78. The summed E-state index contributed by atoms with van der Waals surface area (Å²) in [5, 5.41) is 0.341. The minimum absolute atomic E-state index is 0.222. The van der Waals surface area contributed by atoms with Gasteiger partial charge in [0.05, 0.1) is 17.7 Å². The van der Waals surface area contributed by atoms with E-state index in [2.05, 4.69) is 0 Å². The highest BCUT2D eigenvalue weighted by atomic mass is 35.5. The highest BCUT2D eigenvalue weighted by Gasteiger charge is 2.19. The molecular weight excluding hydrogens is 348 g/mol. The summed E-state index contributed by atoms with van der Waals surface area (Å²) in [5.74, 6) is -0.203. The Kier molecular flexibility index (Phi) is 5.69. The van der Waals surface area contributed by atoms with Gasteiger partial charge in [0.25, 0.3) is 5.56 Å². The Labute approximate surface area is 149 Å². The summed E-state index contributed by atoms with van der Waals surface area (Å²) in [6.07, 6.45) is 1.35. The zero-order valence-electron chi connectivity index (χ0n) is 14.4. The summed E-state index contributed by atoms with van der Waals surface area (Å²) >= 11 is 6.14. The second-order valence-corrected chi connectivity index (χ2v) is 6.06. The van der Waals surface area contributed by atoms with Crippen LogP contribution in [0, 0.1) is 0 Å². The molecule has 0 aliphatic heterocycles. The fourth-order valence-electron chi connectivity index (χ4n) is 2.44. The molecule has 0 spiro atoms. The van der Waals surface area contributed by atoms with Crippen LogP contribution in [0.4, 0.5) is 0 Å². The maximum atomic E-state index is 12.8. The zero-order chi connectivity index (χ0) is 18.7. The van der Waals surface area contributed by atoms with Crippen molar-refractivity contribution in [3.63, 3.8) is 0 Å².